The first kappa shape index (κ1) is 9.46. The lowest BCUT2D eigenvalue weighted by molar-refractivity contribution is 0.405. The Labute approximate surface area is 85.1 Å². The summed E-state index contributed by atoms with van der Waals surface area (Å²) in [6, 6.07) is 7.16. The number of pyridine rings is 1. The van der Waals surface area contributed by atoms with Gasteiger partial charge in [0.15, 0.2) is 0 Å². The number of hydrogen-bond donors (Lipinski definition) is 1. The normalized spacial score (nSPS) is 27.7. The lowest BCUT2D eigenvalue weighted by Gasteiger charge is -2.36. The van der Waals surface area contributed by atoms with Crippen LogP contribution < -0.4 is 10.2 Å². The molecule has 1 N–H and O–H groups in total. The Kier molecular flexibility index (Phi) is 2.68. The molecule has 2 atom stereocenters. The Hall–Kier alpha value is -1.09. The van der Waals surface area contributed by atoms with E-state index in [1.165, 1.54) is 0 Å². The van der Waals surface area contributed by atoms with Crippen LogP contribution in [0.15, 0.2) is 24.4 Å². The van der Waals surface area contributed by atoms with Crippen LogP contribution >= 0.6 is 0 Å². The third-order valence-corrected chi connectivity index (χ3v) is 2.53. The van der Waals surface area contributed by atoms with Crippen molar-refractivity contribution in [2.75, 3.05) is 18.0 Å². The molecule has 14 heavy (non-hydrogen) atoms. The van der Waals surface area contributed by atoms with E-state index in [1.54, 1.807) is 0 Å². The molecular weight excluding hydrogens is 174 g/mol. The van der Waals surface area contributed by atoms with E-state index in [0.29, 0.717) is 12.1 Å². The van der Waals surface area contributed by atoms with E-state index in [-0.39, 0.29) is 0 Å². The van der Waals surface area contributed by atoms with E-state index in [0.717, 1.165) is 18.9 Å². The largest absolute Gasteiger partial charge is 0.354 e. The molecule has 1 fully saturated rings. The number of nitrogens with zero attached hydrogens (tertiary/aromatic N) is 2. The highest BCUT2D eigenvalue weighted by molar-refractivity contribution is 5.38. The van der Waals surface area contributed by atoms with Crippen molar-refractivity contribution >= 4 is 5.82 Å². The molecule has 0 saturated carbocycles. The van der Waals surface area contributed by atoms with Crippen LogP contribution in [0.1, 0.15) is 13.8 Å². The monoisotopic (exact) mass is 191 g/mol. The molecule has 0 unspecified atom stereocenters. The number of piperazine rings is 1. The number of rotatable bonds is 1. The van der Waals surface area contributed by atoms with Gasteiger partial charge in [-0.15, -0.1) is 0 Å². The molecule has 1 aliphatic heterocycles. The molecular formula is C11H17N3. The minimum absolute atomic E-state index is 0.542. The molecule has 2 rings (SSSR count). The highest BCUT2D eigenvalue weighted by atomic mass is 15.2. The fourth-order valence-electron chi connectivity index (χ4n) is 2.05. The summed E-state index contributed by atoms with van der Waals surface area (Å²) in [6.07, 6.45) is 1.85. The van der Waals surface area contributed by atoms with Crippen molar-refractivity contribution in [3.05, 3.63) is 24.4 Å². The van der Waals surface area contributed by atoms with Gasteiger partial charge in [-0.1, -0.05) is 6.07 Å². The molecule has 3 nitrogen and oxygen atoms in total. The molecule has 76 valence electrons. The quantitative estimate of drug-likeness (QED) is 0.724. The van der Waals surface area contributed by atoms with Crippen LogP contribution in [0.2, 0.25) is 0 Å². The van der Waals surface area contributed by atoms with Gasteiger partial charge in [0.2, 0.25) is 0 Å². The summed E-state index contributed by atoms with van der Waals surface area (Å²) in [5.74, 6) is 1.09. The SMILES string of the molecule is C[C@H]1CN(c2ccccn2)C[C@H](C)N1. The summed E-state index contributed by atoms with van der Waals surface area (Å²) in [7, 11) is 0. The van der Waals surface area contributed by atoms with Crippen molar-refractivity contribution in [1.29, 1.82) is 0 Å². The zero-order chi connectivity index (χ0) is 9.97. The zero-order valence-corrected chi connectivity index (χ0v) is 8.77. The van der Waals surface area contributed by atoms with Crippen molar-refractivity contribution in [3.8, 4) is 0 Å². The van der Waals surface area contributed by atoms with Gasteiger partial charge in [-0.3, -0.25) is 0 Å². The van der Waals surface area contributed by atoms with E-state index in [2.05, 4.69) is 35.1 Å². The Balaban J connectivity index is 2.11. The Morgan fingerprint density at radius 2 is 2.00 bits per heavy atom. The summed E-state index contributed by atoms with van der Waals surface area (Å²) in [4.78, 5) is 6.71. The van der Waals surface area contributed by atoms with Crippen molar-refractivity contribution in [1.82, 2.24) is 10.3 Å². The third-order valence-electron chi connectivity index (χ3n) is 2.53. The standard InChI is InChI=1S/C11H17N3/c1-9-7-14(8-10(2)13-9)11-5-3-4-6-12-11/h3-6,9-10,13H,7-8H2,1-2H3/t9-,10-/m0/s1. The van der Waals surface area contributed by atoms with Crippen LogP contribution in [0.4, 0.5) is 5.82 Å². The minimum Gasteiger partial charge on any atom is -0.354 e. The Bertz CT molecular complexity index is 276. The summed E-state index contributed by atoms with van der Waals surface area (Å²) in [6.45, 7) is 6.51. The van der Waals surface area contributed by atoms with Crippen LogP contribution in [0.3, 0.4) is 0 Å². The van der Waals surface area contributed by atoms with Crippen LogP contribution in [-0.4, -0.2) is 30.2 Å². The highest BCUT2D eigenvalue weighted by Crippen LogP contribution is 2.13. The van der Waals surface area contributed by atoms with E-state index >= 15 is 0 Å². The molecule has 3 heteroatoms. The second-order valence-electron chi connectivity index (χ2n) is 4.06. The molecule has 1 aromatic heterocycles. The lowest BCUT2D eigenvalue weighted by atomic mass is 10.1. The molecule has 0 spiro atoms. The van der Waals surface area contributed by atoms with Crippen LogP contribution in [0.25, 0.3) is 0 Å². The van der Waals surface area contributed by atoms with Gasteiger partial charge in [-0.25, -0.2) is 4.98 Å². The van der Waals surface area contributed by atoms with Gasteiger partial charge >= 0.3 is 0 Å². The van der Waals surface area contributed by atoms with Crippen molar-refractivity contribution in [3.63, 3.8) is 0 Å². The van der Waals surface area contributed by atoms with Gasteiger partial charge in [0.1, 0.15) is 5.82 Å². The molecule has 2 heterocycles. The highest BCUT2D eigenvalue weighted by Gasteiger charge is 2.21. The summed E-state index contributed by atoms with van der Waals surface area (Å²) >= 11 is 0. The molecule has 0 amide bonds. The molecule has 0 aromatic carbocycles. The lowest BCUT2D eigenvalue weighted by Crippen LogP contribution is -2.54. The van der Waals surface area contributed by atoms with E-state index in [4.69, 9.17) is 0 Å². The average molecular weight is 191 g/mol. The van der Waals surface area contributed by atoms with Gasteiger partial charge < -0.3 is 10.2 Å². The summed E-state index contributed by atoms with van der Waals surface area (Å²) in [5.41, 5.74) is 0. The maximum atomic E-state index is 4.37. The maximum absolute atomic E-state index is 4.37. The number of aromatic nitrogens is 1. The van der Waals surface area contributed by atoms with E-state index in [1.807, 2.05) is 18.3 Å². The predicted molar refractivity (Wildman–Crippen MR) is 58.5 cm³/mol. The third kappa shape index (κ3) is 2.04. The maximum Gasteiger partial charge on any atom is 0.128 e. The van der Waals surface area contributed by atoms with Gasteiger partial charge in [-0.05, 0) is 26.0 Å². The topological polar surface area (TPSA) is 28.2 Å². The summed E-state index contributed by atoms with van der Waals surface area (Å²) in [5, 5.41) is 3.51. The van der Waals surface area contributed by atoms with Gasteiger partial charge in [-0.2, -0.15) is 0 Å². The molecule has 1 aromatic rings. The van der Waals surface area contributed by atoms with Crippen LogP contribution in [0.5, 0.6) is 0 Å². The number of anilines is 1. The van der Waals surface area contributed by atoms with Crippen LogP contribution in [-0.2, 0) is 0 Å². The number of nitrogens with one attached hydrogen (secondary N) is 1. The van der Waals surface area contributed by atoms with E-state index < -0.39 is 0 Å². The van der Waals surface area contributed by atoms with Gasteiger partial charge in [0.25, 0.3) is 0 Å². The van der Waals surface area contributed by atoms with E-state index in [9.17, 15) is 0 Å². The first-order chi connectivity index (χ1) is 6.75. The van der Waals surface area contributed by atoms with Gasteiger partial charge in [0.05, 0.1) is 0 Å². The number of hydrogen-bond acceptors (Lipinski definition) is 3. The Morgan fingerprint density at radius 1 is 1.29 bits per heavy atom. The second kappa shape index (κ2) is 3.96. The fraction of sp³-hybridized carbons (Fsp3) is 0.545. The minimum atomic E-state index is 0.542. The fourth-order valence-corrected chi connectivity index (χ4v) is 2.05. The molecule has 0 bridgehead atoms. The van der Waals surface area contributed by atoms with Crippen LogP contribution in [0, 0.1) is 0 Å². The molecule has 0 radical (unpaired) electrons. The van der Waals surface area contributed by atoms with Crippen molar-refractivity contribution in [2.24, 2.45) is 0 Å². The zero-order valence-electron chi connectivity index (χ0n) is 8.77. The molecule has 1 saturated heterocycles. The van der Waals surface area contributed by atoms with Gasteiger partial charge in [0, 0.05) is 31.4 Å². The molecule has 0 aliphatic carbocycles. The second-order valence-corrected chi connectivity index (χ2v) is 4.06. The first-order valence-corrected chi connectivity index (χ1v) is 5.18. The average Bonchev–Trinajstić information content (AvgIpc) is 2.18. The first-order valence-electron chi connectivity index (χ1n) is 5.18. The smallest absolute Gasteiger partial charge is 0.128 e. The predicted octanol–water partition coefficient (Wildman–Crippen LogP) is 1.27. The molecule has 1 aliphatic rings. The summed E-state index contributed by atoms with van der Waals surface area (Å²) < 4.78 is 0. The Morgan fingerprint density at radius 3 is 2.57 bits per heavy atom. The van der Waals surface area contributed by atoms with Crippen molar-refractivity contribution < 1.29 is 0 Å². The van der Waals surface area contributed by atoms with Crippen molar-refractivity contribution in [2.45, 2.75) is 25.9 Å².